The van der Waals surface area contributed by atoms with Crippen molar-refractivity contribution in [2.24, 2.45) is 0 Å². The van der Waals surface area contributed by atoms with Crippen LogP contribution in [0, 0.1) is 13.8 Å². The van der Waals surface area contributed by atoms with E-state index in [9.17, 15) is 0 Å². The van der Waals surface area contributed by atoms with Gasteiger partial charge in [0.05, 0.1) is 5.69 Å². The molecule has 1 saturated heterocycles. The molecule has 0 amide bonds. The van der Waals surface area contributed by atoms with Gasteiger partial charge in [-0.15, -0.1) is 5.10 Å². The van der Waals surface area contributed by atoms with Crippen LogP contribution in [0.5, 0.6) is 0 Å². The zero-order valence-electron chi connectivity index (χ0n) is 16.0. The molecule has 0 saturated carbocycles. The molecule has 6 nitrogen and oxygen atoms in total. The van der Waals surface area contributed by atoms with Gasteiger partial charge in [0.1, 0.15) is 12.1 Å². The maximum Gasteiger partial charge on any atom is 0.246 e. The Labute approximate surface area is 160 Å². The van der Waals surface area contributed by atoms with Crippen molar-refractivity contribution in [3.05, 3.63) is 54.0 Å². The molecule has 2 aromatic heterocycles. The van der Waals surface area contributed by atoms with Crippen LogP contribution < -0.4 is 10.2 Å². The predicted octanol–water partition coefficient (Wildman–Crippen LogP) is 4.40. The van der Waals surface area contributed by atoms with Gasteiger partial charge in [-0.2, -0.15) is 4.98 Å². The summed E-state index contributed by atoms with van der Waals surface area (Å²) in [6.45, 7) is 6.33. The van der Waals surface area contributed by atoms with E-state index in [0.717, 1.165) is 30.3 Å². The molecular weight excluding hydrogens is 336 g/mol. The van der Waals surface area contributed by atoms with E-state index in [-0.39, 0.29) is 0 Å². The average Bonchev–Trinajstić information content (AvgIpc) is 2.94. The Kier molecular flexibility index (Phi) is 5.05. The number of nitrogens with one attached hydrogen (secondary N) is 1. The molecule has 27 heavy (non-hydrogen) atoms. The molecule has 1 N–H and O–H groups in total. The lowest BCUT2D eigenvalue weighted by atomic mass is 10.1. The quantitative estimate of drug-likeness (QED) is 0.745. The Bertz CT molecular complexity index is 888. The molecule has 3 heterocycles. The van der Waals surface area contributed by atoms with Crippen LogP contribution in [-0.2, 0) is 0 Å². The molecule has 0 unspecified atom stereocenters. The van der Waals surface area contributed by atoms with Crippen LogP contribution in [0.4, 0.5) is 17.5 Å². The number of pyridine rings is 1. The first-order valence-electron chi connectivity index (χ1n) is 9.66. The Morgan fingerprint density at radius 1 is 0.889 bits per heavy atom. The summed E-state index contributed by atoms with van der Waals surface area (Å²) in [5, 5.41) is 7.88. The van der Waals surface area contributed by atoms with Gasteiger partial charge < -0.3 is 10.2 Å². The van der Waals surface area contributed by atoms with Gasteiger partial charge in [0.2, 0.25) is 5.95 Å². The zero-order chi connectivity index (χ0) is 18.6. The van der Waals surface area contributed by atoms with E-state index in [2.05, 4.69) is 63.4 Å². The third kappa shape index (κ3) is 4.27. The van der Waals surface area contributed by atoms with Crippen LogP contribution in [0.1, 0.15) is 36.8 Å². The van der Waals surface area contributed by atoms with E-state index in [1.165, 1.54) is 36.8 Å². The Morgan fingerprint density at radius 3 is 2.37 bits per heavy atom. The van der Waals surface area contributed by atoms with Crippen molar-refractivity contribution in [2.75, 3.05) is 23.3 Å². The molecule has 1 aromatic carbocycles. The molecule has 0 atom stereocenters. The summed E-state index contributed by atoms with van der Waals surface area (Å²) >= 11 is 0. The first-order chi connectivity index (χ1) is 13.2. The van der Waals surface area contributed by atoms with Crippen LogP contribution in [0.2, 0.25) is 0 Å². The van der Waals surface area contributed by atoms with Gasteiger partial charge in [-0.05, 0) is 56.0 Å². The minimum Gasteiger partial charge on any atom is -0.357 e. The maximum absolute atomic E-state index is 4.59. The topological polar surface area (TPSA) is 58.9 Å². The van der Waals surface area contributed by atoms with Crippen molar-refractivity contribution in [3.63, 3.8) is 0 Å². The highest BCUT2D eigenvalue weighted by Gasteiger charge is 2.12. The van der Waals surface area contributed by atoms with Crippen LogP contribution in [-0.4, -0.2) is 32.8 Å². The number of rotatable bonds is 4. The first-order valence-corrected chi connectivity index (χ1v) is 9.66. The Balaban J connectivity index is 1.53. The zero-order valence-corrected chi connectivity index (χ0v) is 16.0. The average molecular weight is 362 g/mol. The van der Waals surface area contributed by atoms with E-state index in [0.29, 0.717) is 5.95 Å². The molecular formula is C21H26N6. The van der Waals surface area contributed by atoms with Crippen molar-refractivity contribution < 1.29 is 0 Å². The maximum atomic E-state index is 4.59. The molecule has 4 rings (SSSR count). The number of hydrogen-bond donors (Lipinski definition) is 1. The summed E-state index contributed by atoms with van der Waals surface area (Å²) < 4.78 is 1.80. The molecule has 1 aliphatic rings. The molecule has 0 aliphatic carbocycles. The number of anilines is 3. The molecule has 1 fully saturated rings. The monoisotopic (exact) mass is 362 g/mol. The number of nitrogens with zero attached hydrogens (tertiary/aromatic N) is 5. The minimum atomic E-state index is 0.591. The van der Waals surface area contributed by atoms with Gasteiger partial charge >= 0.3 is 0 Å². The number of benzene rings is 1. The van der Waals surface area contributed by atoms with Gasteiger partial charge in [0.15, 0.2) is 0 Å². The molecule has 6 heteroatoms. The fourth-order valence-corrected chi connectivity index (χ4v) is 3.64. The SMILES string of the molecule is Cc1cc(C)cc(Nc2ncn(-c3ccnc(N4CCCCCC4)c3)n2)c1. The highest BCUT2D eigenvalue weighted by atomic mass is 15.4. The predicted molar refractivity (Wildman–Crippen MR) is 109 cm³/mol. The standard InChI is InChI=1S/C21H26N6/c1-16-11-17(2)13-18(12-16)24-21-23-15-27(25-21)19-7-8-22-20(14-19)26-9-5-3-4-6-10-26/h7-8,11-15H,3-6,9-10H2,1-2H3,(H,24,25). The minimum absolute atomic E-state index is 0.591. The van der Waals surface area contributed by atoms with E-state index >= 15 is 0 Å². The molecule has 140 valence electrons. The van der Waals surface area contributed by atoms with Gasteiger partial charge in [-0.1, -0.05) is 18.9 Å². The first kappa shape index (κ1) is 17.5. The highest BCUT2D eigenvalue weighted by molar-refractivity contribution is 5.56. The Morgan fingerprint density at radius 2 is 1.63 bits per heavy atom. The summed E-state index contributed by atoms with van der Waals surface area (Å²) in [7, 11) is 0. The van der Waals surface area contributed by atoms with Gasteiger partial charge in [0, 0.05) is 31.0 Å². The molecule has 0 bridgehead atoms. The van der Waals surface area contributed by atoms with Gasteiger partial charge in [-0.25, -0.2) is 9.67 Å². The summed E-state index contributed by atoms with van der Waals surface area (Å²) in [6.07, 6.45) is 8.69. The second kappa shape index (κ2) is 7.78. The molecule has 1 aliphatic heterocycles. The van der Waals surface area contributed by atoms with Crippen molar-refractivity contribution in [1.29, 1.82) is 0 Å². The van der Waals surface area contributed by atoms with Crippen LogP contribution in [0.25, 0.3) is 5.69 Å². The second-order valence-electron chi connectivity index (χ2n) is 7.29. The van der Waals surface area contributed by atoms with Gasteiger partial charge in [0.25, 0.3) is 0 Å². The van der Waals surface area contributed by atoms with E-state index in [4.69, 9.17) is 0 Å². The smallest absolute Gasteiger partial charge is 0.246 e. The van der Waals surface area contributed by atoms with Crippen LogP contribution in [0.3, 0.4) is 0 Å². The summed E-state index contributed by atoms with van der Waals surface area (Å²) in [5.41, 5.74) is 4.41. The van der Waals surface area contributed by atoms with Gasteiger partial charge in [-0.3, -0.25) is 0 Å². The van der Waals surface area contributed by atoms with Crippen molar-refractivity contribution >= 4 is 17.5 Å². The van der Waals surface area contributed by atoms with E-state index in [1.807, 2.05) is 12.3 Å². The lowest BCUT2D eigenvalue weighted by Crippen LogP contribution is -2.24. The third-order valence-corrected chi connectivity index (χ3v) is 4.89. The molecule has 0 radical (unpaired) electrons. The van der Waals surface area contributed by atoms with Crippen molar-refractivity contribution in [1.82, 2.24) is 19.7 Å². The molecule has 0 spiro atoms. The highest BCUT2D eigenvalue weighted by Crippen LogP contribution is 2.21. The lowest BCUT2D eigenvalue weighted by Gasteiger charge is -2.21. The molecule has 3 aromatic rings. The van der Waals surface area contributed by atoms with Crippen LogP contribution in [0.15, 0.2) is 42.9 Å². The number of hydrogen-bond acceptors (Lipinski definition) is 5. The van der Waals surface area contributed by atoms with Crippen LogP contribution >= 0.6 is 0 Å². The summed E-state index contributed by atoms with van der Waals surface area (Å²) in [4.78, 5) is 11.4. The largest absolute Gasteiger partial charge is 0.357 e. The fourth-order valence-electron chi connectivity index (χ4n) is 3.64. The second-order valence-corrected chi connectivity index (χ2v) is 7.29. The Hall–Kier alpha value is -2.89. The fraction of sp³-hybridized carbons (Fsp3) is 0.381. The van der Waals surface area contributed by atoms with Crippen molar-refractivity contribution in [3.8, 4) is 5.69 Å². The number of aromatic nitrogens is 4. The third-order valence-electron chi connectivity index (χ3n) is 4.89. The van der Waals surface area contributed by atoms with E-state index in [1.54, 1.807) is 11.0 Å². The summed E-state index contributed by atoms with van der Waals surface area (Å²) in [5.74, 6) is 1.61. The summed E-state index contributed by atoms with van der Waals surface area (Å²) in [6, 6.07) is 10.4. The normalized spacial score (nSPS) is 14.8. The lowest BCUT2D eigenvalue weighted by molar-refractivity contribution is 0.726. The van der Waals surface area contributed by atoms with E-state index < -0.39 is 0 Å². The number of aryl methyl sites for hydroxylation is 2. The van der Waals surface area contributed by atoms with Crippen molar-refractivity contribution in [2.45, 2.75) is 39.5 Å².